The topological polar surface area (TPSA) is 102 Å². The quantitative estimate of drug-likeness (QED) is 0.464. The summed E-state index contributed by atoms with van der Waals surface area (Å²) in [6.07, 6.45) is 3.37. The zero-order valence-electron chi connectivity index (χ0n) is 15.8. The molecule has 0 aliphatic carbocycles. The maximum absolute atomic E-state index is 11.6. The van der Waals surface area contributed by atoms with Crippen LogP contribution in [-0.2, 0) is 0 Å². The van der Waals surface area contributed by atoms with E-state index < -0.39 is 5.91 Å². The summed E-state index contributed by atoms with van der Waals surface area (Å²) < 4.78 is 7.03. The van der Waals surface area contributed by atoms with Crippen LogP contribution in [0.15, 0.2) is 70.6 Å². The molecule has 1 amide bonds. The first kappa shape index (κ1) is 20.1. The van der Waals surface area contributed by atoms with Crippen molar-refractivity contribution < 1.29 is 14.6 Å². The zero-order chi connectivity index (χ0) is 20.8. The van der Waals surface area contributed by atoms with Gasteiger partial charge >= 0.3 is 0 Å². The van der Waals surface area contributed by atoms with Gasteiger partial charge in [0.1, 0.15) is 11.5 Å². The highest BCUT2D eigenvalue weighted by atomic mass is 32.1. The first-order valence-electron chi connectivity index (χ1n) is 8.67. The van der Waals surface area contributed by atoms with E-state index in [-0.39, 0.29) is 11.3 Å². The van der Waals surface area contributed by atoms with E-state index in [0.717, 1.165) is 5.56 Å². The summed E-state index contributed by atoms with van der Waals surface area (Å²) in [5, 5.41) is 16.3. The van der Waals surface area contributed by atoms with E-state index in [9.17, 15) is 9.90 Å². The lowest BCUT2D eigenvalue weighted by molar-refractivity contribution is 0.0998. The number of benzene rings is 2. The Hall–Kier alpha value is -3.65. The Morgan fingerprint density at radius 3 is 2.86 bits per heavy atom. The average Bonchev–Trinajstić information content (AvgIpc) is 3.13. The normalized spacial score (nSPS) is 11.7. The van der Waals surface area contributed by atoms with Crippen LogP contribution in [0.5, 0.6) is 11.5 Å². The molecule has 0 unspecified atom stereocenters. The Morgan fingerprint density at radius 2 is 2.14 bits per heavy atom. The maximum atomic E-state index is 11.6. The largest absolute Gasteiger partial charge is 0.507 e. The van der Waals surface area contributed by atoms with Crippen molar-refractivity contribution in [2.75, 3.05) is 13.7 Å². The maximum Gasteiger partial charge on any atom is 0.252 e. The van der Waals surface area contributed by atoms with Crippen molar-refractivity contribution in [1.82, 2.24) is 4.68 Å². The van der Waals surface area contributed by atoms with Crippen LogP contribution >= 0.6 is 11.3 Å². The van der Waals surface area contributed by atoms with Gasteiger partial charge in [-0.05, 0) is 30.3 Å². The Kier molecular flexibility index (Phi) is 6.25. The molecule has 0 radical (unpaired) electrons. The molecule has 1 heterocycles. The second-order valence-electron chi connectivity index (χ2n) is 5.93. The molecule has 148 valence electrons. The van der Waals surface area contributed by atoms with Crippen molar-refractivity contribution in [3.8, 4) is 22.8 Å². The molecule has 8 heteroatoms. The molecule has 0 atom stereocenters. The molecule has 0 aliphatic rings. The second kappa shape index (κ2) is 9.03. The molecule has 0 spiro atoms. The van der Waals surface area contributed by atoms with Gasteiger partial charge in [0.05, 0.1) is 31.1 Å². The minimum absolute atomic E-state index is 0.0403. The van der Waals surface area contributed by atoms with Crippen molar-refractivity contribution in [3.63, 3.8) is 0 Å². The molecule has 0 bridgehead atoms. The van der Waals surface area contributed by atoms with Crippen molar-refractivity contribution >= 4 is 23.5 Å². The molecule has 29 heavy (non-hydrogen) atoms. The van der Waals surface area contributed by atoms with Crippen LogP contribution in [0.4, 0.5) is 0 Å². The molecule has 3 aromatic rings. The van der Waals surface area contributed by atoms with Crippen LogP contribution in [0.2, 0.25) is 0 Å². The highest BCUT2D eigenvalue weighted by molar-refractivity contribution is 7.07. The molecular weight excluding hydrogens is 388 g/mol. The molecule has 1 aromatic heterocycles. The summed E-state index contributed by atoms with van der Waals surface area (Å²) in [6.45, 7) is 4.13. The third kappa shape index (κ3) is 4.44. The van der Waals surface area contributed by atoms with Crippen molar-refractivity contribution in [2.45, 2.75) is 0 Å². The number of nitrogens with zero attached hydrogens (tertiary/aromatic N) is 3. The van der Waals surface area contributed by atoms with E-state index in [1.54, 1.807) is 30.1 Å². The van der Waals surface area contributed by atoms with Gasteiger partial charge in [0.2, 0.25) is 4.80 Å². The fourth-order valence-corrected chi connectivity index (χ4v) is 3.49. The first-order chi connectivity index (χ1) is 14.0. The molecule has 3 N–H and O–H groups in total. The van der Waals surface area contributed by atoms with E-state index in [1.165, 1.54) is 23.5 Å². The number of hydrogen-bond acceptors (Lipinski definition) is 6. The Labute approximate surface area is 171 Å². The molecule has 0 fully saturated rings. The van der Waals surface area contributed by atoms with Crippen LogP contribution in [0.25, 0.3) is 11.3 Å². The monoisotopic (exact) mass is 408 g/mol. The van der Waals surface area contributed by atoms with Gasteiger partial charge in [0, 0.05) is 16.5 Å². The first-order valence-corrected chi connectivity index (χ1v) is 9.55. The van der Waals surface area contributed by atoms with Gasteiger partial charge < -0.3 is 15.6 Å². The fourth-order valence-electron chi connectivity index (χ4n) is 2.65. The van der Waals surface area contributed by atoms with E-state index in [1.807, 2.05) is 29.6 Å². The number of aromatic nitrogens is 1. The summed E-state index contributed by atoms with van der Waals surface area (Å²) >= 11 is 1.40. The third-order valence-electron chi connectivity index (χ3n) is 4.05. The molecule has 3 rings (SSSR count). The number of nitrogens with two attached hydrogens (primary N) is 1. The number of carbonyl (C=O) groups excluding carboxylic acids is 1. The van der Waals surface area contributed by atoms with Gasteiger partial charge in [0.15, 0.2) is 0 Å². The summed E-state index contributed by atoms with van der Waals surface area (Å²) in [4.78, 5) is 16.7. The zero-order valence-corrected chi connectivity index (χ0v) is 16.6. The van der Waals surface area contributed by atoms with Gasteiger partial charge in [-0.15, -0.1) is 17.9 Å². The molecule has 7 nitrogen and oxygen atoms in total. The molecule has 0 aliphatic heterocycles. The standard InChI is InChI=1S/C21H20N4O3S/c1-3-10-23-21-25(24-12-15-6-4-5-7-19(15)28-2)17(13-29-21)14-8-9-18(26)16(11-14)20(22)27/h3-9,11-13,26H,1,10H2,2H3,(H2,22,27)/b23-21?,24-12+. The minimum Gasteiger partial charge on any atom is -0.507 e. The van der Waals surface area contributed by atoms with Crippen LogP contribution in [0.3, 0.4) is 0 Å². The highest BCUT2D eigenvalue weighted by Gasteiger charge is 2.13. The number of aromatic hydroxyl groups is 1. The number of primary amides is 1. The van der Waals surface area contributed by atoms with Crippen LogP contribution in [-0.4, -0.2) is 35.6 Å². The number of carbonyl (C=O) groups is 1. The minimum atomic E-state index is -0.708. The van der Waals surface area contributed by atoms with Crippen LogP contribution < -0.4 is 15.3 Å². The third-order valence-corrected chi connectivity index (χ3v) is 4.90. The lowest BCUT2D eigenvalue weighted by Gasteiger charge is -2.07. The fraction of sp³-hybridized carbons (Fsp3) is 0.0952. The van der Waals surface area contributed by atoms with Gasteiger partial charge in [0.25, 0.3) is 5.91 Å². The van der Waals surface area contributed by atoms with E-state index >= 15 is 0 Å². The van der Waals surface area contributed by atoms with E-state index in [0.29, 0.717) is 28.4 Å². The SMILES string of the molecule is C=CCN=c1scc(-c2ccc(O)c(C(N)=O)c2)n1/N=C/c1ccccc1OC. The number of thiazole rings is 1. The van der Waals surface area contributed by atoms with E-state index in [4.69, 9.17) is 10.5 Å². The predicted molar refractivity (Wildman–Crippen MR) is 115 cm³/mol. The average molecular weight is 408 g/mol. The van der Waals surface area contributed by atoms with Gasteiger partial charge in [-0.1, -0.05) is 18.2 Å². The molecular formula is C21H20N4O3S. The lowest BCUT2D eigenvalue weighted by Crippen LogP contribution is -2.13. The van der Waals surface area contributed by atoms with Crippen LogP contribution in [0.1, 0.15) is 15.9 Å². The summed E-state index contributed by atoms with van der Waals surface area (Å²) in [5.41, 5.74) is 7.58. The number of para-hydroxylation sites is 1. The number of ether oxygens (including phenoxy) is 1. The molecule has 2 aromatic carbocycles. The summed E-state index contributed by atoms with van der Waals surface area (Å²) in [7, 11) is 1.60. The number of methoxy groups -OCH3 is 1. The highest BCUT2D eigenvalue weighted by Crippen LogP contribution is 2.26. The van der Waals surface area contributed by atoms with Crippen LogP contribution in [0, 0.1) is 0 Å². The van der Waals surface area contributed by atoms with E-state index in [2.05, 4.69) is 16.7 Å². The lowest BCUT2D eigenvalue weighted by atomic mass is 10.1. The number of hydrogen-bond donors (Lipinski definition) is 2. The van der Waals surface area contributed by atoms with Gasteiger partial charge in [-0.25, -0.2) is 4.68 Å². The van der Waals surface area contributed by atoms with Crippen molar-refractivity contribution in [3.05, 3.63) is 76.4 Å². The Bertz CT molecular complexity index is 1140. The summed E-state index contributed by atoms with van der Waals surface area (Å²) in [5.74, 6) is -0.184. The predicted octanol–water partition coefficient (Wildman–Crippen LogP) is 3.00. The number of rotatable bonds is 7. The molecule has 0 saturated carbocycles. The number of amides is 1. The molecule has 0 saturated heterocycles. The smallest absolute Gasteiger partial charge is 0.252 e. The van der Waals surface area contributed by atoms with Gasteiger partial charge in [-0.2, -0.15) is 5.10 Å². The Balaban J connectivity index is 2.14. The summed E-state index contributed by atoms with van der Waals surface area (Å²) in [6, 6.07) is 12.2. The Morgan fingerprint density at radius 1 is 1.34 bits per heavy atom. The van der Waals surface area contributed by atoms with Crippen molar-refractivity contribution in [1.29, 1.82) is 0 Å². The van der Waals surface area contributed by atoms with Gasteiger partial charge in [-0.3, -0.25) is 9.79 Å². The second-order valence-corrected chi connectivity index (χ2v) is 6.76. The van der Waals surface area contributed by atoms with Crippen molar-refractivity contribution in [2.24, 2.45) is 15.8 Å². The number of phenols is 1.